The molecule has 6 heteroatoms. The van der Waals surface area contributed by atoms with Gasteiger partial charge in [-0.25, -0.2) is 13.1 Å². The zero-order valence-corrected chi connectivity index (χ0v) is 13.7. The van der Waals surface area contributed by atoms with Crippen LogP contribution in [-0.4, -0.2) is 8.42 Å². The SMILES string of the molecule is O=S(=O)(NCc1cccc(CCl)c1)c1ccc(Br)cc1. The summed E-state index contributed by atoms with van der Waals surface area (Å²) in [5, 5.41) is 0. The van der Waals surface area contributed by atoms with Gasteiger partial charge in [-0.1, -0.05) is 40.2 Å². The lowest BCUT2D eigenvalue weighted by Gasteiger charge is -2.08. The van der Waals surface area contributed by atoms with Crippen LogP contribution in [0.4, 0.5) is 0 Å². The molecule has 0 spiro atoms. The van der Waals surface area contributed by atoms with E-state index in [2.05, 4.69) is 20.7 Å². The molecular formula is C14H13BrClNO2S. The predicted octanol–water partition coefficient (Wildman–Crippen LogP) is 3.67. The van der Waals surface area contributed by atoms with Crippen LogP contribution in [0.2, 0.25) is 0 Å². The second-order valence-electron chi connectivity index (χ2n) is 4.23. The van der Waals surface area contributed by atoms with Crippen molar-refractivity contribution in [2.45, 2.75) is 17.3 Å². The molecule has 0 aromatic heterocycles. The van der Waals surface area contributed by atoms with Crippen molar-refractivity contribution in [2.75, 3.05) is 0 Å². The minimum absolute atomic E-state index is 0.239. The Balaban J connectivity index is 2.10. The van der Waals surface area contributed by atoms with Gasteiger partial charge in [0.05, 0.1) is 4.90 Å². The molecular weight excluding hydrogens is 362 g/mol. The minimum atomic E-state index is -3.50. The van der Waals surface area contributed by atoms with Crippen LogP contribution in [-0.2, 0) is 22.4 Å². The van der Waals surface area contributed by atoms with Crippen molar-refractivity contribution < 1.29 is 8.42 Å². The van der Waals surface area contributed by atoms with Crippen LogP contribution in [0, 0.1) is 0 Å². The first kappa shape index (κ1) is 15.5. The largest absolute Gasteiger partial charge is 0.240 e. The summed E-state index contributed by atoms with van der Waals surface area (Å²) in [6.07, 6.45) is 0. The molecule has 0 bridgehead atoms. The molecule has 3 nitrogen and oxygen atoms in total. The average Bonchev–Trinajstić information content (AvgIpc) is 2.46. The van der Waals surface area contributed by atoms with Gasteiger partial charge in [-0.05, 0) is 35.4 Å². The van der Waals surface area contributed by atoms with Gasteiger partial charge in [0.2, 0.25) is 10.0 Å². The van der Waals surface area contributed by atoms with Crippen LogP contribution in [0.25, 0.3) is 0 Å². The Morgan fingerprint density at radius 2 is 1.70 bits per heavy atom. The van der Waals surface area contributed by atoms with Crippen molar-refractivity contribution in [3.8, 4) is 0 Å². The highest BCUT2D eigenvalue weighted by molar-refractivity contribution is 9.10. The van der Waals surface area contributed by atoms with Crippen molar-refractivity contribution in [2.24, 2.45) is 0 Å². The number of sulfonamides is 1. The first-order chi connectivity index (χ1) is 9.51. The van der Waals surface area contributed by atoms with Crippen LogP contribution in [0.15, 0.2) is 57.9 Å². The fourth-order valence-electron chi connectivity index (χ4n) is 1.70. The Kier molecular flexibility index (Phi) is 5.21. The molecule has 106 valence electrons. The number of rotatable bonds is 5. The number of nitrogens with one attached hydrogen (secondary N) is 1. The van der Waals surface area contributed by atoms with Gasteiger partial charge in [-0.15, -0.1) is 11.6 Å². The van der Waals surface area contributed by atoms with E-state index in [1.165, 1.54) is 0 Å². The highest BCUT2D eigenvalue weighted by Gasteiger charge is 2.13. The maximum atomic E-state index is 12.1. The molecule has 1 N–H and O–H groups in total. The van der Waals surface area contributed by atoms with Crippen LogP contribution in [0.1, 0.15) is 11.1 Å². The Morgan fingerprint density at radius 3 is 2.35 bits per heavy atom. The molecule has 2 rings (SSSR count). The number of halogens is 2. The van der Waals surface area contributed by atoms with Crippen molar-refractivity contribution in [3.63, 3.8) is 0 Å². The van der Waals surface area contributed by atoms with Crippen molar-refractivity contribution in [3.05, 3.63) is 64.1 Å². The van der Waals surface area contributed by atoms with Gasteiger partial charge in [0.15, 0.2) is 0 Å². The molecule has 0 saturated carbocycles. The summed E-state index contributed by atoms with van der Waals surface area (Å²) >= 11 is 9.03. The van der Waals surface area contributed by atoms with Crippen molar-refractivity contribution in [1.82, 2.24) is 4.72 Å². The lowest BCUT2D eigenvalue weighted by Crippen LogP contribution is -2.23. The van der Waals surface area contributed by atoms with Gasteiger partial charge in [0, 0.05) is 16.9 Å². The topological polar surface area (TPSA) is 46.2 Å². The lowest BCUT2D eigenvalue weighted by molar-refractivity contribution is 0.581. The van der Waals surface area contributed by atoms with E-state index in [4.69, 9.17) is 11.6 Å². The molecule has 0 aliphatic carbocycles. The minimum Gasteiger partial charge on any atom is -0.207 e. The first-order valence-electron chi connectivity index (χ1n) is 5.90. The highest BCUT2D eigenvalue weighted by Crippen LogP contribution is 2.15. The van der Waals surface area contributed by atoms with Gasteiger partial charge in [0.1, 0.15) is 0 Å². The molecule has 20 heavy (non-hydrogen) atoms. The van der Waals surface area contributed by atoms with E-state index in [9.17, 15) is 8.42 Å². The molecule has 0 saturated heterocycles. The van der Waals surface area contributed by atoms with Crippen LogP contribution < -0.4 is 4.72 Å². The molecule has 0 aliphatic rings. The molecule has 2 aromatic carbocycles. The maximum Gasteiger partial charge on any atom is 0.240 e. The Bertz CT molecular complexity index is 687. The van der Waals surface area contributed by atoms with E-state index in [1.54, 1.807) is 24.3 Å². The molecule has 0 unspecified atom stereocenters. The summed E-state index contributed by atoms with van der Waals surface area (Å²) in [5.74, 6) is 0.410. The Morgan fingerprint density at radius 1 is 1.05 bits per heavy atom. The molecule has 2 aromatic rings. The van der Waals surface area contributed by atoms with Gasteiger partial charge >= 0.3 is 0 Å². The van der Waals surface area contributed by atoms with E-state index < -0.39 is 10.0 Å². The summed E-state index contributed by atoms with van der Waals surface area (Å²) < 4.78 is 27.7. The summed E-state index contributed by atoms with van der Waals surface area (Å²) in [6.45, 7) is 0.239. The van der Waals surface area contributed by atoms with E-state index in [1.807, 2.05) is 24.3 Å². The van der Waals surface area contributed by atoms with Crippen LogP contribution in [0.3, 0.4) is 0 Å². The first-order valence-corrected chi connectivity index (χ1v) is 8.71. The van der Waals surface area contributed by atoms with Crippen molar-refractivity contribution >= 4 is 37.6 Å². The molecule has 0 radical (unpaired) electrons. The normalized spacial score (nSPS) is 11.5. The fourth-order valence-corrected chi connectivity index (χ4v) is 3.15. The summed E-state index contributed by atoms with van der Waals surface area (Å²) in [5.41, 5.74) is 1.84. The van der Waals surface area contributed by atoms with Crippen LogP contribution >= 0.6 is 27.5 Å². The second kappa shape index (κ2) is 6.72. The Hall–Kier alpha value is -0.880. The lowest BCUT2D eigenvalue weighted by atomic mass is 10.1. The summed E-state index contributed by atoms with van der Waals surface area (Å²) in [6, 6.07) is 14.0. The number of alkyl halides is 1. The summed E-state index contributed by atoms with van der Waals surface area (Å²) in [4.78, 5) is 0.245. The average molecular weight is 375 g/mol. The third-order valence-electron chi connectivity index (χ3n) is 2.74. The van der Waals surface area contributed by atoms with E-state index in [0.29, 0.717) is 5.88 Å². The predicted molar refractivity (Wildman–Crippen MR) is 84.2 cm³/mol. The monoisotopic (exact) mass is 373 g/mol. The fraction of sp³-hybridized carbons (Fsp3) is 0.143. The highest BCUT2D eigenvalue weighted by atomic mass is 79.9. The van der Waals surface area contributed by atoms with Crippen molar-refractivity contribution in [1.29, 1.82) is 0 Å². The third-order valence-corrected chi connectivity index (χ3v) is 4.99. The van der Waals surface area contributed by atoms with Crippen LogP contribution in [0.5, 0.6) is 0 Å². The summed E-state index contributed by atoms with van der Waals surface area (Å²) in [7, 11) is -3.50. The van der Waals surface area contributed by atoms with E-state index in [0.717, 1.165) is 15.6 Å². The van der Waals surface area contributed by atoms with Gasteiger partial charge < -0.3 is 0 Å². The van der Waals surface area contributed by atoms with Gasteiger partial charge in [0.25, 0.3) is 0 Å². The quantitative estimate of drug-likeness (QED) is 0.812. The van der Waals surface area contributed by atoms with Gasteiger partial charge in [-0.3, -0.25) is 0 Å². The van der Waals surface area contributed by atoms with E-state index >= 15 is 0 Å². The van der Waals surface area contributed by atoms with Gasteiger partial charge in [-0.2, -0.15) is 0 Å². The van der Waals surface area contributed by atoms with E-state index in [-0.39, 0.29) is 11.4 Å². The number of hydrogen-bond acceptors (Lipinski definition) is 2. The zero-order valence-electron chi connectivity index (χ0n) is 10.5. The molecule has 0 amide bonds. The standard InChI is InChI=1S/C14H13BrClNO2S/c15-13-4-6-14(7-5-13)20(18,19)17-10-12-3-1-2-11(8-12)9-16/h1-8,17H,9-10H2. The number of hydrogen-bond donors (Lipinski definition) is 1. The molecule has 0 atom stereocenters. The second-order valence-corrected chi connectivity index (χ2v) is 7.18. The zero-order chi connectivity index (χ0) is 14.6. The number of benzene rings is 2. The molecule has 0 fully saturated rings. The smallest absolute Gasteiger partial charge is 0.207 e. The maximum absolute atomic E-state index is 12.1. The Labute approximate surface area is 132 Å². The molecule has 0 heterocycles. The third kappa shape index (κ3) is 4.06. The molecule has 0 aliphatic heterocycles.